The van der Waals surface area contributed by atoms with Crippen LogP contribution in [0.15, 0.2) is 30.5 Å². The van der Waals surface area contributed by atoms with Crippen LogP contribution >= 0.6 is 0 Å². The van der Waals surface area contributed by atoms with Gasteiger partial charge in [0, 0.05) is 18.5 Å². The molecule has 0 amide bonds. The van der Waals surface area contributed by atoms with Crippen molar-refractivity contribution in [3.63, 3.8) is 0 Å². The Hall–Kier alpha value is -2.10. The smallest absolute Gasteiger partial charge is 0.308 e. The molecule has 2 aromatic rings. The number of carbonyl (C=O) groups is 2. The maximum atomic E-state index is 10.8. The molecule has 0 aliphatic carbocycles. The lowest BCUT2D eigenvalue weighted by molar-refractivity contribution is -0.131. The largest absolute Gasteiger partial charge is 0.426 e. The average Bonchev–Trinajstić information content (AvgIpc) is 2.61. The van der Waals surface area contributed by atoms with E-state index in [0.717, 1.165) is 10.9 Å². The first kappa shape index (κ1) is 9.45. The van der Waals surface area contributed by atoms with Gasteiger partial charge in [0.25, 0.3) is 0 Å². The molecule has 1 heterocycles. The number of fused-ring (bicyclic) bond motifs is 1. The molecule has 0 bridgehead atoms. The molecule has 0 spiro atoms. The van der Waals surface area contributed by atoms with Crippen molar-refractivity contribution in [2.45, 2.75) is 6.92 Å². The number of rotatable bonds is 2. The van der Waals surface area contributed by atoms with Crippen molar-refractivity contribution >= 4 is 23.3 Å². The van der Waals surface area contributed by atoms with Gasteiger partial charge in [-0.05, 0) is 18.2 Å². The Morgan fingerprint density at radius 3 is 2.87 bits per heavy atom. The maximum absolute atomic E-state index is 10.8. The number of carbonyl (C=O) groups excluding carboxylic acids is 2. The predicted molar refractivity (Wildman–Crippen MR) is 55.4 cm³/mol. The number of benzene rings is 1. The van der Waals surface area contributed by atoms with Crippen LogP contribution in [0, 0.1) is 0 Å². The summed E-state index contributed by atoms with van der Waals surface area (Å²) < 4.78 is 6.45. The van der Waals surface area contributed by atoms with Crippen molar-refractivity contribution in [2.24, 2.45) is 0 Å². The first-order valence-electron chi connectivity index (χ1n) is 4.45. The fraction of sp³-hybridized carbons (Fsp3) is 0.0909. The van der Waals surface area contributed by atoms with E-state index < -0.39 is 0 Å². The third-order valence-corrected chi connectivity index (χ3v) is 2.09. The van der Waals surface area contributed by atoms with Gasteiger partial charge < -0.3 is 4.74 Å². The molecule has 0 unspecified atom stereocenters. The van der Waals surface area contributed by atoms with E-state index in [1.807, 2.05) is 0 Å². The number of esters is 1. The average molecular weight is 203 g/mol. The Morgan fingerprint density at radius 2 is 2.20 bits per heavy atom. The molecule has 0 atom stereocenters. The molecule has 4 nitrogen and oxygen atoms in total. The third kappa shape index (κ3) is 1.61. The fourth-order valence-corrected chi connectivity index (χ4v) is 1.50. The van der Waals surface area contributed by atoms with Crippen LogP contribution < -0.4 is 4.74 Å². The molecule has 0 fully saturated rings. The lowest BCUT2D eigenvalue weighted by atomic mass is 10.2. The van der Waals surface area contributed by atoms with E-state index in [9.17, 15) is 9.59 Å². The van der Waals surface area contributed by atoms with Crippen LogP contribution in [-0.2, 0) is 9.59 Å². The second kappa shape index (κ2) is 3.57. The minimum Gasteiger partial charge on any atom is -0.426 e. The van der Waals surface area contributed by atoms with Gasteiger partial charge in [-0.15, -0.1) is 0 Å². The Morgan fingerprint density at radius 1 is 1.40 bits per heavy atom. The van der Waals surface area contributed by atoms with Gasteiger partial charge in [0.2, 0.25) is 6.41 Å². The molecule has 76 valence electrons. The molecule has 0 N–H and O–H groups in total. The van der Waals surface area contributed by atoms with Gasteiger partial charge in [-0.25, -0.2) is 0 Å². The highest BCUT2D eigenvalue weighted by atomic mass is 16.5. The fourth-order valence-electron chi connectivity index (χ4n) is 1.50. The number of aromatic nitrogens is 1. The molecular formula is C11H9NO3. The van der Waals surface area contributed by atoms with E-state index in [0.29, 0.717) is 12.2 Å². The second-order valence-electron chi connectivity index (χ2n) is 3.11. The molecule has 0 saturated carbocycles. The van der Waals surface area contributed by atoms with E-state index in [1.165, 1.54) is 11.5 Å². The number of hydrogen-bond donors (Lipinski definition) is 0. The molecule has 0 radical (unpaired) electrons. The minimum absolute atomic E-state index is 0.374. The third-order valence-electron chi connectivity index (χ3n) is 2.09. The van der Waals surface area contributed by atoms with Crippen molar-refractivity contribution < 1.29 is 14.3 Å². The number of ether oxygens (including phenoxy) is 1. The number of hydrogen-bond acceptors (Lipinski definition) is 3. The summed E-state index contributed by atoms with van der Waals surface area (Å²) >= 11 is 0. The van der Waals surface area contributed by atoms with Crippen molar-refractivity contribution in [3.8, 4) is 5.75 Å². The molecule has 0 aliphatic heterocycles. The van der Waals surface area contributed by atoms with Gasteiger partial charge in [-0.2, -0.15) is 0 Å². The van der Waals surface area contributed by atoms with E-state index in [2.05, 4.69) is 0 Å². The first-order valence-corrected chi connectivity index (χ1v) is 4.45. The summed E-state index contributed by atoms with van der Waals surface area (Å²) in [6, 6.07) is 6.96. The van der Waals surface area contributed by atoms with Gasteiger partial charge in [-0.1, -0.05) is 6.07 Å². The molecule has 1 aromatic heterocycles. The molecule has 4 heteroatoms. The Kier molecular flexibility index (Phi) is 2.25. The normalized spacial score (nSPS) is 10.2. The second-order valence-corrected chi connectivity index (χ2v) is 3.11. The van der Waals surface area contributed by atoms with Crippen molar-refractivity contribution in [3.05, 3.63) is 30.5 Å². The minimum atomic E-state index is -0.374. The quantitative estimate of drug-likeness (QED) is 0.423. The van der Waals surface area contributed by atoms with Crippen molar-refractivity contribution in [1.82, 2.24) is 4.57 Å². The first-order chi connectivity index (χ1) is 7.22. The lowest BCUT2D eigenvalue weighted by Crippen LogP contribution is -2.01. The van der Waals surface area contributed by atoms with Crippen LogP contribution in [0.1, 0.15) is 6.92 Å². The Balaban J connectivity index is 2.61. The van der Waals surface area contributed by atoms with Gasteiger partial charge in [-0.3, -0.25) is 14.2 Å². The summed E-state index contributed by atoms with van der Waals surface area (Å²) in [6.45, 7) is 1.34. The SMILES string of the molecule is CC(=O)Oc1cccc2c1ccn2C=O. The Labute approximate surface area is 86.1 Å². The van der Waals surface area contributed by atoms with Gasteiger partial charge in [0.05, 0.1) is 5.52 Å². The summed E-state index contributed by atoms with van der Waals surface area (Å²) in [5.41, 5.74) is 0.726. The van der Waals surface area contributed by atoms with Crippen LogP contribution in [0.2, 0.25) is 0 Å². The van der Waals surface area contributed by atoms with E-state index >= 15 is 0 Å². The zero-order valence-corrected chi connectivity index (χ0v) is 8.14. The summed E-state index contributed by atoms with van der Waals surface area (Å²) in [5.74, 6) is 0.0990. The standard InChI is InChI=1S/C11H9NO3/c1-8(14)15-11-4-2-3-10-9(11)5-6-12(10)7-13/h2-7H,1H3. The highest BCUT2D eigenvalue weighted by Gasteiger charge is 2.07. The summed E-state index contributed by atoms with van der Waals surface area (Å²) in [6.07, 6.45) is 2.34. The van der Waals surface area contributed by atoms with Gasteiger partial charge >= 0.3 is 5.97 Å². The molecule has 0 saturated heterocycles. The van der Waals surface area contributed by atoms with Crippen molar-refractivity contribution in [2.75, 3.05) is 0 Å². The van der Waals surface area contributed by atoms with E-state index in [1.54, 1.807) is 30.5 Å². The molecule has 1 aromatic carbocycles. The zero-order chi connectivity index (χ0) is 10.8. The highest BCUT2D eigenvalue weighted by molar-refractivity contribution is 5.91. The monoisotopic (exact) mass is 203 g/mol. The lowest BCUT2D eigenvalue weighted by Gasteiger charge is -2.02. The van der Waals surface area contributed by atoms with Crippen LogP contribution in [0.5, 0.6) is 5.75 Å². The maximum Gasteiger partial charge on any atom is 0.308 e. The summed E-state index contributed by atoms with van der Waals surface area (Å²) in [7, 11) is 0. The number of nitrogens with zero attached hydrogens (tertiary/aromatic N) is 1. The van der Waals surface area contributed by atoms with Crippen LogP contribution in [0.25, 0.3) is 10.9 Å². The zero-order valence-electron chi connectivity index (χ0n) is 8.14. The molecule has 15 heavy (non-hydrogen) atoms. The van der Waals surface area contributed by atoms with E-state index in [4.69, 9.17) is 4.74 Å². The summed E-state index contributed by atoms with van der Waals surface area (Å²) in [4.78, 5) is 21.5. The van der Waals surface area contributed by atoms with Crippen molar-refractivity contribution in [1.29, 1.82) is 0 Å². The van der Waals surface area contributed by atoms with E-state index in [-0.39, 0.29) is 5.97 Å². The summed E-state index contributed by atoms with van der Waals surface area (Å²) in [5, 5.41) is 0.750. The van der Waals surface area contributed by atoms with Gasteiger partial charge in [0.15, 0.2) is 0 Å². The van der Waals surface area contributed by atoms with Crippen LogP contribution in [-0.4, -0.2) is 16.9 Å². The molecule has 0 aliphatic rings. The molecule has 2 rings (SSSR count). The van der Waals surface area contributed by atoms with Gasteiger partial charge in [0.1, 0.15) is 5.75 Å². The topological polar surface area (TPSA) is 48.3 Å². The van der Waals surface area contributed by atoms with Crippen LogP contribution in [0.4, 0.5) is 0 Å². The Bertz CT molecular complexity index is 528. The predicted octanol–water partition coefficient (Wildman–Crippen LogP) is 1.60. The van der Waals surface area contributed by atoms with Crippen LogP contribution in [0.3, 0.4) is 0 Å². The molecular weight excluding hydrogens is 194 g/mol. The highest BCUT2D eigenvalue weighted by Crippen LogP contribution is 2.25.